The summed E-state index contributed by atoms with van der Waals surface area (Å²) in [6.45, 7) is 0. The van der Waals surface area contributed by atoms with E-state index in [0.29, 0.717) is 0 Å². The number of thioether (sulfide) groups is 1. The third-order valence-electron chi connectivity index (χ3n) is 1.96. The van der Waals surface area contributed by atoms with E-state index in [-0.39, 0.29) is 11.2 Å². The van der Waals surface area contributed by atoms with Crippen LogP contribution in [0.4, 0.5) is 0 Å². The summed E-state index contributed by atoms with van der Waals surface area (Å²) in [6, 6.07) is 0. The number of aromatic nitrogens is 2. The van der Waals surface area contributed by atoms with Gasteiger partial charge in [-0.25, -0.2) is 4.79 Å². The second kappa shape index (κ2) is 2.52. The van der Waals surface area contributed by atoms with Crippen LogP contribution in [0.5, 0.6) is 0 Å². The minimum absolute atomic E-state index is 0.154. The number of rotatable bonds is 0. The van der Waals surface area contributed by atoms with Gasteiger partial charge in [0.05, 0.1) is 5.03 Å². The molecule has 1 N–H and O–H groups in total. The number of fused-ring (bicyclic) bond motifs is 1. The van der Waals surface area contributed by atoms with Crippen LogP contribution in [0.2, 0.25) is 0 Å². The van der Waals surface area contributed by atoms with Crippen LogP contribution >= 0.6 is 11.8 Å². The lowest BCUT2D eigenvalue weighted by atomic mass is 10.3. The van der Waals surface area contributed by atoms with Crippen molar-refractivity contribution < 1.29 is 0 Å². The fourth-order valence-electron chi connectivity index (χ4n) is 1.25. The van der Waals surface area contributed by atoms with Gasteiger partial charge in [0.1, 0.15) is 0 Å². The van der Waals surface area contributed by atoms with Crippen LogP contribution < -0.4 is 11.2 Å². The Morgan fingerprint density at radius 1 is 1.50 bits per heavy atom. The van der Waals surface area contributed by atoms with Crippen molar-refractivity contribution in [3.8, 4) is 0 Å². The number of nitrogens with zero attached hydrogens (tertiary/aromatic N) is 1. The molecule has 0 radical (unpaired) electrons. The van der Waals surface area contributed by atoms with Gasteiger partial charge >= 0.3 is 5.69 Å². The summed E-state index contributed by atoms with van der Waals surface area (Å²) in [4.78, 5) is 25.2. The van der Waals surface area contributed by atoms with Crippen molar-refractivity contribution in [3.05, 3.63) is 26.4 Å². The molecule has 1 aliphatic rings. The topological polar surface area (TPSA) is 54.9 Å². The maximum absolute atomic E-state index is 11.4. The van der Waals surface area contributed by atoms with Crippen LogP contribution in [0.15, 0.2) is 14.6 Å². The standard InChI is InChI=1S/C7H8N2O2S/c1-9-6(10)4-2-3-12-5(4)8-7(9)11/h2-3H2,1H3,(H,8,11). The van der Waals surface area contributed by atoms with Gasteiger partial charge in [-0.05, 0) is 6.42 Å². The molecule has 0 atom stereocenters. The Hall–Kier alpha value is -0.970. The van der Waals surface area contributed by atoms with E-state index in [1.54, 1.807) is 0 Å². The van der Waals surface area contributed by atoms with Gasteiger partial charge in [0.25, 0.3) is 5.56 Å². The first-order valence-electron chi connectivity index (χ1n) is 3.65. The molecule has 0 aliphatic carbocycles. The zero-order valence-electron chi connectivity index (χ0n) is 6.59. The molecule has 2 heterocycles. The number of hydrogen-bond acceptors (Lipinski definition) is 3. The van der Waals surface area contributed by atoms with Crippen LogP contribution in [0.25, 0.3) is 0 Å². The predicted octanol–water partition coefficient (Wildman–Crippen LogP) is -0.278. The minimum atomic E-state index is -0.326. The van der Waals surface area contributed by atoms with Gasteiger partial charge in [-0.15, -0.1) is 11.8 Å². The summed E-state index contributed by atoms with van der Waals surface area (Å²) in [7, 11) is 1.49. The van der Waals surface area contributed by atoms with E-state index in [1.807, 2.05) is 0 Å². The Morgan fingerprint density at radius 3 is 3.00 bits per heavy atom. The van der Waals surface area contributed by atoms with Gasteiger partial charge in [-0.3, -0.25) is 9.36 Å². The van der Waals surface area contributed by atoms with Crippen molar-refractivity contribution in [2.75, 3.05) is 5.75 Å². The SMILES string of the molecule is Cn1c(=O)[nH]c2c(c1=O)CCS2. The monoisotopic (exact) mass is 184 g/mol. The van der Waals surface area contributed by atoms with E-state index in [4.69, 9.17) is 0 Å². The van der Waals surface area contributed by atoms with Crippen molar-refractivity contribution in [3.63, 3.8) is 0 Å². The zero-order valence-corrected chi connectivity index (χ0v) is 7.40. The molecule has 0 saturated heterocycles. The Bertz CT molecular complexity index is 432. The highest BCUT2D eigenvalue weighted by Gasteiger charge is 2.17. The molecule has 0 spiro atoms. The number of aromatic amines is 1. The van der Waals surface area contributed by atoms with Gasteiger partial charge < -0.3 is 4.98 Å². The van der Waals surface area contributed by atoms with E-state index in [1.165, 1.54) is 18.8 Å². The summed E-state index contributed by atoms with van der Waals surface area (Å²) >= 11 is 1.54. The Morgan fingerprint density at radius 2 is 2.25 bits per heavy atom. The normalized spacial score (nSPS) is 14.8. The first-order valence-corrected chi connectivity index (χ1v) is 4.63. The highest BCUT2D eigenvalue weighted by molar-refractivity contribution is 7.99. The summed E-state index contributed by atoms with van der Waals surface area (Å²) < 4.78 is 1.12. The summed E-state index contributed by atoms with van der Waals surface area (Å²) in [5.74, 6) is 0.893. The van der Waals surface area contributed by atoms with E-state index in [2.05, 4.69) is 4.98 Å². The first kappa shape index (κ1) is 7.67. The molecule has 0 fully saturated rings. The van der Waals surface area contributed by atoms with E-state index >= 15 is 0 Å². The fourth-order valence-corrected chi connectivity index (χ4v) is 2.28. The molecule has 1 aliphatic heterocycles. The van der Waals surface area contributed by atoms with Crippen LogP contribution in [0.1, 0.15) is 5.56 Å². The first-order chi connectivity index (χ1) is 5.70. The Balaban J connectivity index is 2.85. The van der Waals surface area contributed by atoms with Crippen molar-refractivity contribution in [2.24, 2.45) is 7.05 Å². The lowest BCUT2D eigenvalue weighted by molar-refractivity contribution is 0.729. The average Bonchev–Trinajstić information content (AvgIpc) is 2.48. The largest absolute Gasteiger partial charge is 0.328 e. The van der Waals surface area contributed by atoms with Gasteiger partial charge in [0.15, 0.2) is 0 Å². The maximum Gasteiger partial charge on any atom is 0.328 e. The van der Waals surface area contributed by atoms with Crippen molar-refractivity contribution >= 4 is 11.8 Å². The molecule has 4 nitrogen and oxygen atoms in total. The summed E-state index contributed by atoms with van der Waals surface area (Å²) in [5.41, 5.74) is 0.272. The highest BCUT2D eigenvalue weighted by Crippen LogP contribution is 2.24. The second-order valence-corrected chi connectivity index (χ2v) is 3.81. The molecule has 0 aromatic carbocycles. The fraction of sp³-hybridized carbons (Fsp3) is 0.429. The Kier molecular flexibility index (Phi) is 1.61. The van der Waals surface area contributed by atoms with Crippen LogP contribution in [0, 0.1) is 0 Å². The van der Waals surface area contributed by atoms with Crippen molar-refractivity contribution in [1.29, 1.82) is 0 Å². The number of nitrogens with one attached hydrogen (secondary N) is 1. The predicted molar refractivity (Wildman–Crippen MR) is 46.7 cm³/mol. The zero-order chi connectivity index (χ0) is 8.72. The van der Waals surface area contributed by atoms with Gasteiger partial charge in [0.2, 0.25) is 0 Å². The lowest BCUT2D eigenvalue weighted by Crippen LogP contribution is -2.34. The van der Waals surface area contributed by atoms with Crippen LogP contribution in [-0.4, -0.2) is 15.3 Å². The third-order valence-corrected chi connectivity index (χ3v) is 3.01. The second-order valence-electron chi connectivity index (χ2n) is 2.70. The molecule has 0 unspecified atom stereocenters. The van der Waals surface area contributed by atoms with Crippen molar-refractivity contribution in [2.45, 2.75) is 11.4 Å². The molecule has 1 aromatic rings. The number of hydrogen-bond donors (Lipinski definition) is 1. The molecule has 12 heavy (non-hydrogen) atoms. The van der Waals surface area contributed by atoms with Gasteiger partial charge in [0, 0.05) is 18.4 Å². The quantitative estimate of drug-likeness (QED) is 0.564. The van der Waals surface area contributed by atoms with Crippen LogP contribution in [0.3, 0.4) is 0 Å². The average molecular weight is 184 g/mol. The van der Waals surface area contributed by atoms with Crippen LogP contribution in [-0.2, 0) is 13.5 Å². The third kappa shape index (κ3) is 0.929. The van der Waals surface area contributed by atoms with Gasteiger partial charge in [-0.1, -0.05) is 0 Å². The molecule has 0 amide bonds. The molecule has 0 bridgehead atoms. The molecule has 5 heteroatoms. The summed E-state index contributed by atoms with van der Waals surface area (Å²) in [6.07, 6.45) is 0.767. The maximum atomic E-state index is 11.4. The molecule has 1 aromatic heterocycles. The van der Waals surface area contributed by atoms with Crippen molar-refractivity contribution in [1.82, 2.24) is 9.55 Å². The highest BCUT2D eigenvalue weighted by atomic mass is 32.2. The molecular weight excluding hydrogens is 176 g/mol. The van der Waals surface area contributed by atoms with E-state index in [0.717, 1.165) is 27.3 Å². The van der Waals surface area contributed by atoms with Gasteiger partial charge in [-0.2, -0.15) is 0 Å². The molecule has 0 saturated carbocycles. The molecular formula is C7H8N2O2S. The molecule has 2 rings (SSSR count). The molecule has 64 valence electrons. The Labute approximate surface area is 72.6 Å². The lowest BCUT2D eigenvalue weighted by Gasteiger charge is -1.99. The number of H-pyrrole nitrogens is 1. The van der Waals surface area contributed by atoms with E-state index in [9.17, 15) is 9.59 Å². The minimum Gasteiger partial charge on any atom is -0.301 e. The van der Waals surface area contributed by atoms with E-state index < -0.39 is 0 Å². The summed E-state index contributed by atoms with van der Waals surface area (Å²) in [5, 5.41) is 0.753. The smallest absolute Gasteiger partial charge is 0.301 e.